The van der Waals surface area contributed by atoms with E-state index in [2.05, 4.69) is 5.32 Å². The van der Waals surface area contributed by atoms with Crippen LogP contribution in [0.25, 0.3) is 0 Å². The van der Waals surface area contributed by atoms with E-state index in [0.717, 1.165) is 5.06 Å². The fourth-order valence-corrected chi connectivity index (χ4v) is 1.81. The maximum Gasteiger partial charge on any atom is 0.434 e. The summed E-state index contributed by atoms with van der Waals surface area (Å²) in [6.45, 7) is 5.41. The van der Waals surface area contributed by atoms with Gasteiger partial charge in [0.05, 0.1) is 24.2 Å². The molecule has 2 amide bonds. The Morgan fingerprint density at radius 2 is 2.00 bits per heavy atom. The number of hydroxylamine groups is 2. The average Bonchev–Trinajstić information content (AvgIpc) is 2.44. The molecule has 0 spiro atoms. The lowest BCUT2D eigenvalue weighted by Gasteiger charge is -2.25. The third-order valence-electron chi connectivity index (χ3n) is 2.65. The molecular formula is C15H21ClN2O5. The zero-order valence-electron chi connectivity index (χ0n) is 13.6. The number of rotatable bonds is 5. The number of ether oxygens (including phenoxy) is 1. The summed E-state index contributed by atoms with van der Waals surface area (Å²) in [6, 6.07) is 4.47. The van der Waals surface area contributed by atoms with Crippen molar-refractivity contribution in [1.82, 2.24) is 10.4 Å². The van der Waals surface area contributed by atoms with Crippen LogP contribution < -0.4 is 5.32 Å². The number of amides is 2. The Morgan fingerprint density at radius 3 is 2.57 bits per heavy atom. The van der Waals surface area contributed by atoms with Gasteiger partial charge in [0.1, 0.15) is 11.4 Å². The molecule has 0 saturated carbocycles. The maximum atomic E-state index is 12.0. The van der Waals surface area contributed by atoms with Crippen molar-refractivity contribution in [2.75, 3.05) is 20.2 Å². The van der Waals surface area contributed by atoms with Crippen molar-refractivity contribution in [3.05, 3.63) is 28.8 Å². The number of carbonyl (C=O) groups excluding carboxylic acids is 2. The van der Waals surface area contributed by atoms with Gasteiger partial charge in [-0.1, -0.05) is 17.7 Å². The molecule has 0 radical (unpaired) electrons. The van der Waals surface area contributed by atoms with E-state index in [0.29, 0.717) is 0 Å². The molecular weight excluding hydrogens is 324 g/mol. The molecule has 0 heterocycles. The number of aromatic hydroxyl groups is 1. The standard InChI is InChI=1S/C15H21ClN2O5/c1-15(2,3)23-14(21)18(22-4)9-8-17-13(20)10-6-5-7-11(16)12(10)19/h5-7,19H,8-9H2,1-4H3,(H,17,20). The third-order valence-corrected chi connectivity index (χ3v) is 2.95. The van der Waals surface area contributed by atoms with Gasteiger partial charge in [-0.3, -0.25) is 9.63 Å². The van der Waals surface area contributed by atoms with Gasteiger partial charge in [0.25, 0.3) is 5.91 Å². The Kier molecular flexibility index (Phi) is 6.65. The molecule has 8 heteroatoms. The Labute approximate surface area is 140 Å². The number of hydrogen-bond donors (Lipinski definition) is 2. The van der Waals surface area contributed by atoms with Crippen LogP contribution in [0.1, 0.15) is 31.1 Å². The van der Waals surface area contributed by atoms with Gasteiger partial charge in [-0.2, -0.15) is 5.06 Å². The predicted octanol–water partition coefficient (Wildman–Crippen LogP) is 2.57. The highest BCUT2D eigenvalue weighted by Crippen LogP contribution is 2.26. The summed E-state index contributed by atoms with van der Waals surface area (Å²) in [5.74, 6) is -0.798. The molecule has 0 aliphatic heterocycles. The van der Waals surface area contributed by atoms with Gasteiger partial charge >= 0.3 is 6.09 Å². The number of carbonyl (C=O) groups is 2. The summed E-state index contributed by atoms with van der Waals surface area (Å²) in [5.41, 5.74) is -0.595. The summed E-state index contributed by atoms with van der Waals surface area (Å²) in [5, 5.41) is 13.4. The number of phenolic OH excluding ortho intramolecular Hbond substituents is 1. The highest BCUT2D eigenvalue weighted by atomic mass is 35.5. The lowest BCUT2D eigenvalue weighted by Crippen LogP contribution is -2.40. The second-order valence-corrected chi connectivity index (χ2v) is 6.06. The van der Waals surface area contributed by atoms with Crippen LogP contribution in [0, 0.1) is 0 Å². The molecule has 1 aromatic rings. The molecule has 1 aromatic carbocycles. The van der Waals surface area contributed by atoms with Crippen molar-refractivity contribution in [2.24, 2.45) is 0 Å². The summed E-state index contributed by atoms with van der Waals surface area (Å²) in [4.78, 5) is 28.7. The van der Waals surface area contributed by atoms with E-state index in [-0.39, 0.29) is 29.4 Å². The molecule has 0 aliphatic carbocycles. The molecule has 0 unspecified atom stereocenters. The fraction of sp³-hybridized carbons (Fsp3) is 0.467. The first-order valence-electron chi connectivity index (χ1n) is 6.96. The van der Waals surface area contributed by atoms with Crippen molar-refractivity contribution < 1.29 is 24.3 Å². The van der Waals surface area contributed by atoms with Crippen molar-refractivity contribution in [3.8, 4) is 5.75 Å². The van der Waals surface area contributed by atoms with Crippen molar-refractivity contribution in [3.63, 3.8) is 0 Å². The molecule has 1 rings (SSSR count). The summed E-state index contributed by atoms with van der Waals surface area (Å²) >= 11 is 5.75. The number of para-hydroxylation sites is 1. The first-order valence-corrected chi connectivity index (χ1v) is 7.34. The topological polar surface area (TPSA) is 88.1 Å². The maximum absolute atomic E-state index is 12.0. The molecule has 0 fully saturated rings. The first-order chi connectivity index (χ1) is 10.7. The number of nitrogens with zero attached hydrogens (tertiary/aromatic N) is 1. The Balaban J connectivity index is 2.56. The van der Waals surface area contributed by atoms with Gasteiger partial charge in [-0.15, -0.1) is 0 Å². The van der Waals surface area contributed by atoms with Gasteiger partial charge in [0, 0.05) is 6.54 Å². The molecule has 0 saturated heterocycles. The zero-order chi connectivity index (χ0) is 17.6. The number of phenols is 1. The summed E-state index contributed by atoms with van der Waals surface area (Å²) in [6.07, 6.45) is -0.653. The number of halogens is 1. The second-order valence-electron chi connectivity index (χ2n) is 5.66. The van der Waals surface area contributed by atoms with E-state index in [1.54, 1.807) is 26.8 Å². The van der Waals surface area contributed by atoms with Crippen molar-refractivity contribution in [2.45, 2.75) is 26.4 Å². The molecule has 0 atom stereocenters. The Morgan fingerprint density at radius 1 is 1.35 bits per heavy atom. The van der Waals surface area contributed by atoms with Crippen molar-refractivity contribution in [1.29, 1.82) is 0 Å². The lowest BCUT2D eigenvalue weighted by atomic mass is 10.2. The molecule has 2 N–H and O–H groups in total. The summed E-state index contributed by atoms with van der Waals surface area (Å²) < 4.78 is 5.16. The monoisotopic (exact) mass is 344 g/mol. The zero-order valence-corrected chi connectivity index (χ0v) is 14.3. The lowest BCUT2D eigenvalue weighted by molar-refractivity contribution is -0.122. The summed E-state index contributed by atoms with van der Waals surface area (Å²) in [7, 11) is 1.33. The van der Waals surface area contributed by atoms with E-state index in [1.165, 1.54) is 19.2 Å². The molecule has 0 aromatic heterocycles. The van der Waals surface area contributed by atoms with Gasteiger partial charge in [-0.25, -0.2) is 4.79 Å². The Hall–Kier alpha value is -1.99. The predicted molar refractivity (Wildman–Crippen MR) is 85.4 cm³/mol. The van der Waals surface area contributed by atoms with Crippen LogP contribution >= 0.6 is 11.6 Å². The van der Waals surface area contributed by atoms with E-state index in [1.807, 2.05) is 0 Å². The number of benzene rings is 1. The Bertz CT molecular complexity index is 571. The highest BCUT2D eigenvalue weighted by molar-refractivity contribution is 6.32. The normalized spacial score (nSPS) is 11.0. The van der Waals surface area contributed by atoms with Crippen LogP contribution in [0.4, 0.5) is 4.79 Å². The van der Waals surface area contributed by atoms with Crippen LogP contribution in [0.2, 0.25) is 5.02 Å². The van der Waals surface area contributed by atoms with Gasteiger partial charge in [-0.05, 0) is 32.9 Å². The highest BCUT2D eigenvalue weighted by Gasteiger charge is 2.22. The van der Waals surface area contributed by atoms with E-state index in [9.17, 15) is 14.7 Å². The minimum absolute atomic E-state index is 0.0544. The fourth-order valence-electron chi connectivity index (χ4n) is 1.63. The minimum atomic E-state index is -0.653. The van der Waals surface area contributed by atoms with Crippen LogP contribution in [0.15, 0.2) is 18.2 Å². The van der Waals surface area contributed by atoms with Crippen molar-refractivity contribution >= 4 is 23.6 Å². The molecule has 0 bridgehead atoms. The van der Waals surface area contributed by atoms with Gasteiger partial charge in [0.15, 0.2) is 0 Å². The number of nitrogens with one attached hydrogen (secondary N) is 1. The van der Waals surface area contributed by atoms with E-state index in [4.69, 9.17) is 21.2 Å². The molecule has 23 heavy (non-hydrogen) atoms. The number of hydrogen-bond acceptors (Lipinski definition) is 5. The van der Waals surface area contributed by atoms with Crippen LogP contribution in [-0.4, -0.2) is 48.0 Å². The largest absolute Gasteiger partial charge is 0.506 e. The minimum Gasteiger partial charge on any atom is -0.506 e. The molecule has 7 nitrogen and oxygen atoms in total. The van der Waals surface area contributed by atoms with Crippen LogP contribution in [0.5, 0.6) is 5.75 Å². The smallest absolute Gasteiger partial charge is 0.434 e. The van der Waals surface area contributed by atoms with Gasteiger partial charge < -0.3 is 15.2 Å². The van der Waals surface area contributed by atoms with Gasteiger partial charge in [0.2, 0.25) is 0 Å². The average molecular weight is 345 g/mol. The third kappa shape index (κ3) is 5.96. The first kappa shape index (κ1) is 19.1. The van der Waals surface area contributed by atoms with E-state index >= 15 is 0 Å². The molecule has 128 valence electrons. The van der Waals surface area contributed by atoms with Crippen LogP contribution in [0.3, 0.4) is 0 Å². The SMILES string of the molecule is CON(CCNC(=O)c1cccc(Cl)c1O)C(=O)OC(C)(C)C. The van der Waals surface area contributed by atoms with E-state index < -0.39 is 17.6 Å². The second kappa shape index (κ2) is 8.03. The molecule has 0 aliphatic rings. The quantitative estimate of drug-likeness (QED) is 0.801. The van der Waals surface area contributed by atoms with Crippen LogP contribution in [-0.2, 0) is 9.57 Å².